The summed E-state index contributed by atoms with van der Waals surface area (Å²) in [5, 5.41) is 9.26. The normalized spacial score (nSPS) is 10.3. The quantitative estimate of drug-likeness (QED) is 0.885. The van der Waals surface area contributed by atoms with E-state index in [1.54, 1.807) is 6.20 Å². The first-order valence-corrected chi connectivity index (χ1v) is 6.06. The van der Waals surface area contributed by atoms with E-state index in [4.69, 9.17) is 4.74 Å². The fourth-order valence-corrected chi connectivity index (χ4v) is 1.75. The standard InChI is InChI=1S/C14H17N3O2/c1-9-4-5-12(10(2)6-9)19-8-13(18)16-14-11(3)7-15-17-14/h4-7H,8H2,1-3H3,(H2,15,16,17,18). The Labute approximate surface area is 112 Å². The van der Waals surface area contributed by atoms with E-state index in [2.05, 4.69) is 15.5 Å². The molecule has 1 amide bonds. The highest BCUT2D eigenvalue weighted by atomic mass is 16.5. The molecule has 1 heterocycles. The van der Waals surface area contributed by atoms with Crippen molar-refractivity contribution in [3.8, 4) is 5.75 Å². The maximum atomic E-state index is 11.7. The summed E-state index contributed by atoms with van der Waals surface area (Å²) in [5.74, 6) is 1.11. The van der Waals surface area contributed by atoms with Crippen molar-refractivity contribution in [1.82, 2.24) is 10.2 Å². The lowest BCUT2D eigenvalue weighted by atomic mass is 10.1. The first-order valence-electron chi connectivity index (χ1n) is 6.06. The molecule has 2 N–H and O–H groups in total. The summed E-state index contributed by atoms with van der Waals surface area (Å²) in [6.45, 7) is 5.82. The minimum absolute atomic E-state index is 0.0254. The number of ether oxygens (including phenoxy) is 1. The average molecular weight is 259 g/mol. The number of nitrogens with zero attached hydrogens (tertiary/aromatic N) is 1. The minimum Gasteiger partial charge on any atom is -0.483 e. The number of hydrogen-bond acceptors (Lipinski definition) is 3. The monoisotopic (exact) mass is 259 g/mol. The second-order valence-electron chi connectivity index (χ2n) is 4.53. The van der Waals surface area contributed by atoms with Gasteiger partial charge in [-0.05, 0) is 32.4 Å². The first kappa shape index (κ1) is 13.1. The van der Waals surface area contributed by atoms with Gasteiger partial charge in [-0.3, -0.25) is 9.89 Å². The molecule has 0 aliphatic rings. The topological polar surface area (TPSA) is 67.0 Å². The summed E-state index contributed by atoms with van der Waals surface area (Å²) < 4.78 is 5.50. The van der Waals surface area contributed by atoms with Crippen LogP contribution in [0.5, 0.6) is 5.75 Å². The molecule has 0 saturated heterocycles. The third kappa shape index (κ3) is 3.34. The largest absolute Gasteiger partial charge is 0.483 e. The highest BCUT2D eigenvalue weighted by Gasteiger charge is 2.08. The zero-order valence-corrected chi connectivity index (χ0v) is 11.3. The molecular weight excluding hydrogens is 242 g/mol. The lowest BCUT2D eigenvalue weighted by Gasteiger charge is -2.09. The van der Waals surface area contributed by atoms with Gasteiger partial charge < -0.3 is 10.1 Å². The van der Waals surface area contributed by atoms with Crippen molar-refractivity contribution < 1.29 is 9.53 Å². The summed E-state index contributed by atoms with van der Waals surface area (Å²) in [7, 11) is 0. The molecule has 2 rings (SSSR count). The second kappa shape index (κ2) is 5.56. The second-order valence-corrected chi connectivity index (χ2v) is 4.53. The van der Waals surface area contributed by atoms with Crippen molar-refractivity contribution >= 4 is 11.7 Å². The molecule has 1 aromatic carbocycles. The number of aromatic amines is 1. The van der Waals surface area contributed by atoms with Crippen LogP contribution >= 0.6 is 0 Å². The smallest absolute Gasteiger partial charge is 0.263 e. The Morgan fingerprint density at radius 2 is 2.11 bits per heavy atom. The summed E-state index contributed by atoms with van der Waals surface area (Å²) in [5.41, 5.74) is 3.08. The van der Waals surface area contributed by atoms with Crippen molar-refractivity contribution in [2.24, 2.45) is 0 Å². The van der Waals surface area contributed by atoms with Crippen LogP contribution in [0.25, 0.3) is 0 Å². The predicted octanol–water partition coefficient (Wildman–Crippen LogP) is 2.35. The van der Waals surface area contributed by atoms with Crippen LogP contribution in [-0.2, 0) is 4.79 Å². The summed E-state index contributed by atoms with van der Waals surface area (Å²) in [6, 6.07) is 5.85. The number of rotatable bonds is 4. The number of carbonyl (C=O) groups is 1. The van der Waals surface area contributed by atoms with E-state index in [-0.39, 0.29) is 12.5 Å². The van der Waals surface area contributed by atoms with E-state index >= 15 is 0 Å². The Hall–Kier alpha value is -2.30. The summed E-state index contributed by atoms with van der Waals surface area (Å²) in [6.07, 6.45) is 1.65. The number of aromatic nitrogens is 2. The molecule has 100 valence electrons. The van der Waals surface area contributed by atoms with E-state index in [1.807, 2.05) is 39.0 Å². The van der Waals surface area contributed by atoms with E-state index in [0.717, 1.165) is 16.9 Å². The molecule has 0 aliphatic carbocycles. The highest BCUT2D eigenvalue weighted by Crippen LogP contribution is 2.18. The molecule has 0 radical (unpaired) electrons. The van der Waals surface area contributed by atoms with Crippen molar-refractivity contribution in [1.29, 1.82) is 0 Å². The Kier molecular flexibility index (Phi) is 3.85. The first-order chi connectivity index (χ1) is 9.06. The van der Waals surface area contributed by atoms with Crippen LogP contribution in [0.4, 0.5) is 5.82 Å². The molecule has 19 heavy (non-hydrogen) atoms. The molecule has 1 aromatic heterocycles. The number of hydrogen-bond donors (Lipinski definition) is 2. The van der Waals surface area contributed by atoms with Crippen molar-refractivity contribution in [2.75, 3.05) is 11.9 Å². The number of H-pyrrole nitrogens is 1. The molecule has 0 aliphatic heterocycles. The van der Waals surface area contributed by atoms with Gasteiger partial charge >= 0.3 is 0 Å². The number of aryl methyl sites for hydroxylation is 3. The van der Waals surface area contributed by atoms with Gasteiger partial charge in [0.1, 0.15) is 11.6 Å². The Balaban J connectivity index is 1.92. The SMILES string of the molecule is Cc1ccc(OCC(=O)Nc2[nH]ncc2C)c(C)c1. The lowest BCUT2D eigenvalue weighted by Crippen LogP contribution is -2.21. The van der Waals surface area contributed by atoms with Crippen LogP contribution < -0.4 is 10.1 Å². The minimum atomic E-state index is -0.215. The number of amides is 1. The predicted molar refractivity (Wildman–Crippen MR) is 73.4 cm³/mol. The zero-order valence-electron chi connectivity index (χ0n) is 11.3. The molecule has 0 spiro atoms. The molecule has 2 aromatic rings. The molecule has 0 bridgehead atoms. The number of benzene rings is 1. The van der Waals surface area contributed by atoms with Crippen molar-refractivity contribution in [3.63, 3.8) is 0 Å². The average Bonchev–Trinajstić information content (AvgIpc) is 2.74. The maximum absolute atomic E-state index is 11.7. The van der Waals surface area contributed by atoms with Crippen LogP contribution in [0.3, 0.4) is 0 Å². The molecule has 0 unspecified atom stereocenters. The summed E-state index contributed by atoms with van der Waals surface area (Å²) in [4.78, 5) is 11.7. The van der Waals surface area contributed by atoms with Gasteiger partial charge in [-0.25, -0.2) is 0 Å². The van der Waals surface area contributed by atoms with E-state index < -0.39 is 0 Å². The number of carbonyl (C=O) groups excluding carboxylic acids is 1. The number of nitrogens with one attached hydrogen (secondary N) is 2. The van der Waals surface area contributed by atoms with Crippen LogP contribution in [0.1, 0.15) is 16.7 Å². The molecule has 0 fully saturated rings. The summed E-state index contributed by atoms with van der Waals surface area (Å²) >= 11 is 0. The van der Waals surface area contributed by atoms with Crippen LogP contribution in [-0.4, -0.2) is 22.7 Å². The Morgan fingerprint density at radius 3 is 2.74 bits per heavy atom. The van der Waals surface area contributed by atoms with Gasteiger partial charge in [-0.2, -0.15) is 5.10 Å². The Morgan fingerprint density at radius 1 is 1.32 bits per heavy atom. The van der Waals surface area contributed by atoms with E-state index in [1.165, 1.54) is 5.56 Å². The third-order valence-electron chi connectivity index (χ3n) is 2.78. The maximum Gasteiger partial charge on any atom is 0.263 e. The van der Waals surface area contributed by atoms with Gasteiger partial charge in [0.25, 0.3) is 5.91 Å². The van der Waals surface area contributed by atoms with Gasteiger partial charge in [0.15, 0.2) is 6.61 Å². The molecule has 0 saturated carbocycles. The molecular formula is C14H17N3O2. The van der Waals surface area contributed by atoms with Gasteiger partial charge in [0.05, 0.1) is 6.20 Å². The fourth-order valence-electron chi connectivity index (χ4n) is 1.75. The molecule has 5 nitrogen and oxygen atoms in total. The van der Waals surface area contributed by atoms with Crippen LogP contribution in [0.15, 0.2) is 24.4 Å². The van der Waals surface area contributed by atoms with Crippen molar-refractivity contribution in [3.05, 3.63) is 41.1 Å². The Bertz CT molecular complexity index is 590. The van der Waals surface area contributed by atoms with Gasteiger partial charge in [0, 0.05) is 5.56 Å². The van der Waals surface area contributed by atoms with Crippen LogP contribution in [0, 0.1) is 20.8 Å². The fraction of sp³-hybridized carbons (Fsp3) is 0.286. The molecule has 0 atom stereocenters. The van der Waals surface area contributed by atoms with Crippen molar-refractivity contribution in [2.45, 2.75) is 20.8 Å². The van der Waals surface area contributed by atoms with Gasteiger partial charge in [-0.15, -0.1) is 0 Å². The number of anilines is 1. The van der Waals surface area contributed by atoms with Crippen LogP contribution in [0.2, 0.25) is 0 Å². The zero-order chi connectivity index (χ0) is 13.8. The third-order valence-corrected chi connectivity index (χ3v) is 2.78. The van der Waals surface area contributed by atoms with Gasteiger partial charge in [-0.1, -0.05) is 17.7 Å². The van der Waals surface area contributed by atoms with E-state index in [0.29, 0.717) is 5.82 Å². The van der Waals surface area contributed by atoms with Gasteiger partial charge in [0.2, 0.25) is 0 Å². The van der Waals surface area contributed by atoms with E-state index in [9.17, 15) is 4.79 Å². The lowest BCUT2D eigenvalue weighted by molar-refractivity contribution is -0.118. The highest BCUT2D eigenvalue weighted by molar-refractivity contribution is 5.91. The molecule has 5 heteroatoms.